The second-order valence-electron chi connectivity index (χ2n) is 5.94. The molecule has 2 N–H and O–H groups in total. The zero-order chi connectivity index (χ0) is 19.0. The summed E-state index contributed by atoms with van der Waals surface area (Å²) in [5.74, 6) is -2.55. The molecule has 26 heavy (non-hydrogen) atoms. The molecular formula is C19H16N2O5. The van der Waals surface area contributed by atoms with Crippen molar-refractivity contribution in [3.63, 3.8) is 0 Å². The Kier molecular flexibility index (Phi) is 4.29. The van der Waals surface area contributed by atoms with Gasteiger partial charge in [-0.05, 0) is 43.7 Å². The van der Waals surface area contributed by atoms with Crippen LogP contribution in [0.1, 0.15) is 43.6 Å². The molecule has 0 saturated heterocycles. The first-order chi connectivity index (χ1) is 12.3. The van der Waals surface area contributed by atoms with E-state index in [9.17, 15) is 19.2 Å². The number of hydrogen-bond acceptors (Lipinski definition) is 5. The number of benzene rings is 2. The van der Waals surface area contributed by atoms with Crippen LogP contribution >= 0.6 is 0 Å². The number of hydrogen-bond donors (Lipinski definition) is 1. The molecule has 2 aromatic carbocycles. The van der Waals surface area contributed by atoms with Gasteiger partial charge in [-0.25, -0.2) is 9.69 Å². The van der Waals surface area contributed by atoms with Gasteiger partial charge >= 0.3 is 5.97 Å². The average Bonchev–Trinajstić information content (AvgIpc) is 2.86. The number of nitrogens with zero attached hydrogens (tertiary/aromatic N) is 1. The Morgan fingerprint density at radius 2 is 1.69 bits per heavy atom. The van der Waals surface area contributed by atoms with Crippen molar-refractivity contribution >= 4 is 29.4 Å². The number of anilines is 1. The second-order valence-corrected chi connectivity index (χ2v) is 5.94. The molecule has 3 rings (SSSR count). The van der Waals surface area contributed by atoms with Crippen molar-refractivity contribution in [2.75, 3.05) is 4.90 Å². The summed E-state index contributed by atoms with van der Waals surface area (Å²) < 4.78 is 4.93. The highest BCUT2D eigenvalue weighted by Crippen LogP contribution is 2.31. The van der Waals surface area contributed by atoms with Gasteiger partial charge in [-0.3, -0.25) is 14.4 Å². The number of primary amides is 1. The van der Waals surface area contributed by atoms with Crippen molar-refractivity contribution < 1.29 is 23.9 Å². The first-order valence-electron chi connectivity index (χ1n) is 7.90. The van der Waals surface area contributed by atoms with Crippen LogP contribution in [0, 0.1) is 6.92 Å². The standard InChI is InChI=1S/C19H16N2O5/c1-10-5-3-4-6-15(10)21-17(23)13-8-7-12(9-14(13)18(21)24)19(25)26-11(2)16(20)22/h3-9,11H,1-2H3,(H2,20,22). The van der Waals surface area contributed by atoms with E-state index >= 15 is 0 Å². The predicted molar refractivity (Wildman–Crippen MR) is 92.8 cm³/mol. The minimum absolute atomic E-state index is 0.0598. The van der Waals surface area contributed by atoms with E-state index in [1.165, 1.54) is 25.1 Å². The van der Waals surface area contributed by atoms with Gasteiger partial charge in [0.2, 0.25) is 0 Å². The molecule has 1 unspecified atom stereocenters. The van der Waals surface area contributed by atoms with Crippen LogP contribution in [0.2, 0.25) is 0 Å². The highest BCUT2D eigenvalue weighted by molar-refractivity contribution is 6.34. The van der Waals surface area contributed by atoms with E-state index in [1.807, 2.05) is 6.07 Å². The Balaban J connectivity index is 1.95. The van der Waals surface area contributed by atoms with Gasteiger partial charge in [0.15, 0.2) is 6.10 Å². The van der Waals surface area contributed by atoms with Crippen LogP contribution in [0.25, 0.3) is 0 Å². The van der Waals surface area contributed by atoms with Crippen LogP contribution in [-0.4, -0.2) is 29.8 Å². The first kappa shape index (κ1) is 17.3. The normalized spacial score (nSPS) is 14.2. The first-order valence-corrected chi connectivity index (χ1v) is 7.90. The Hall–Kier alpha value is -3.48. The Bertz CT molecular complexity index is 951. The minimum Gasteiger partial charge on any atom is -0.449 e. The minimum atomic E-state index is -1.10. The van der Waals surface area contributed by atoms with Gasteiger partial charge in [0.25, 0.3) is 17.7 Å². The lowest BCUT2D eigenvalue weighted by Gasteiger charge is -2.16. The van der Waals surface area contributed by atoms with Crippen molar-refractivity contribution in [3.05, 3.63) is 64.7 Å². The summed E-state index contributed by atoms with van der Waals surface area (Å²) in [5, 5.41) is 0. The fourth-order valence-electron chi connectivity index (χ4n) is 2.69. The number of fused-ring (bicyclic) bond motifs is 1. The smallest absolute Gasteiger partial charge is 0.338 e. The molecule has 132 valence electrons. The maximum Gasteiger partial charge on any atom is 0.338 e. The second kappa shape index (κ2) is 6.44. The lowest BCUT2D eigenvalue weighted by atomic mass is 10.1. The summed E-state index contributed by atoms with van der Waals surface area (Å²) in [6.07, 6.45) is -1.10. The molecule has 0 radical (unpaired) electrons. The van der Waals surface area contributed by atoms with Crippen molar-refractivity contribution in [2.24, 2.45) is 5.73 Å². The molecule has 1 heterocycles. The van der Waals surface area contributed by atoms with E-state index in [4.69, 9.17) is 10.5 Å². The summed E-state index contributed by atoms with van der Waals surface area (Å²) in [5.41, 5.74) is 6.71. The fourth-order valence-corrected chi connectivity index (χ4v) is 2.69. The third-order valence-corrected chi connectivity index (χ3v) is 4.16. The Morgan fingerprint density at radius 1 is 1.04 bits per heavy atom. The SMILES string of the molecule is Cc1ccccc1N1C(=O)c2ccc(C(=O)OC(C)C(N)=O)cc2C1=O. The Labute approximate surface area is 149 Å². The van der Waals surface area contributed by atoms with E-state index in [0.29, 0.717) is 5.69 Å². The summed E-state index contributed by atoms with van der Waals surface area (Å²) >= 11 is 0. The number of aryl methyl sites for hydroxylation is 1. The molecule has 1 aliphatic heterocycles. The lowest BCUT2D eigenvalue weighted by Crippen LogP contribution is -2.30. The number of carbonyl (C=O) groups excluding carboxylic acids is 4. The third kappa shape index (κ3) is 2.83. The van der Waals surface area contributed by atoms with E-state index in [-0.39, 0.29) is 16.7 Å². The van der Waals surface area contributed by atoms with Gasteiger partial charge in [0.1, 0.15) is 0 Å². The van der Waals surface area contributed by atoms with Crippen LogP contribution < -0.4 is 10.6 Å². The molecule has 2 aromatic rings. The van der Waals surface area contributed by atoms with Gasteiger partial charge in [-0.15, -0.1) is 0 Å². The predicted octanol–water partition coefficient (Wildman–Crippen LogP) is 1.83. The summed E-state index contributed by atoms with van der Waals surface area (Å²) in [6.45, 7) is 3.15. The molecule has 1 aliphatic rings. The Morgan fingerprint density at radius 3 is 2.35 bits per heavy atom. The van der Waals surface area contributed by atoms with Crippen molar-refractivity contribution in [1.29, 1.82) is 0 Å². The molecule has 0 spiro atoms. The van der Waals surface area contributed by atoms with Crippen molar-refractivity contribution in [3.8, 4) is 0 Å². The average molecular weight is 352 g/mol. The van der Waals surface area contributed by atoms with Crippen LogP contribution in [-0.2, 0) is 9.53 Å². The van der Waals surface area contributed by atoms with Crippen molar-refractivity contribution in [1.82, 2.24) is 0 Å². The highest BCUT2D eigenvalue weighted by Gasteiger charge is 2.37. The van der Waals surface area contributed by atoms with Gasteiger partial charge < -0.3 is 10.5 Å². The number of esters is 1. The van der Waals surface area contributed by atoms with Crippen LogP contribution in [0.5, 0.6) is 0 Å². The van der Waals surface area contributed by atoms with Crippen LogP contribution in [0.3, 0.4) is 0 Å². The van der Waals surface area contributed by atoms with Crippen LogP contribution in [0.4, 0.5) is 5.69 Å². The van der Waals surface area contributed by atoms with Gasteiger partial charge in [0, 0.05) is 0 Å². The maximum atomic E-state index is 12.7. The number of rotatable bonds is 4. The molecule has 0 fully saturated rings. The molecule has 1 atom stereocenters. The topological polar surface area (TPSA) is 107 Å². The number of carbonyl (C=O) groups is 4. The van der Waals surface area contributed by atoms with E-state index < -0.39 is 29.8 Å². The number of nitrogens with two attached hydrogens (primary N) is 1. The molecule has 0 saturated carbocycles. The fraction of sp³-hybridized carbons (Fsp3) is 0.158. The van der Waals surface area contributed by atoms with Gasteiger partial charge in [-0.2, -0.15) is 0 Å². The van der Waals surface area contributed by atoms with E-state index in [1.54, 1.807) is 25.1 Å². The molecule has 0 aliphatic carbocycles. The van der Waals surface area contributed by atoms with Crippen LogP contribution in [0.15, 0.2) is 42.5 Å². The summed E-state index contributed by atoms with van der Waals surface area (Å²) in [7, 11) is 0. The van der Waals surface area contributed by atoms with E-state index in [0.717, 1.165) is 10.5 Å². The molecular weight excluding hydrogens is 336 g/mol. The quantitative estimate of drug-likeness (QED) is 0.667. The molecule has 3 amide bonds. The van der Waals surface area contributed by atoms with Gasteiger partial charge in [-0.1, -0.05) is 18.2 Å². The monoisotopic (exact) mass is 352 g/mol. The lowest BCUT2D eigenvalue weighted by molar-refractivity contribution is -0.125. The highest BCUT2D eigenvalue weighted by atomic mass is 16.5. The van der Waals surface area contributed by atoms with E-state index in [2.05, 4.69) is 0 Å². The zero-order valence-electron chi connectivity index (χ0n) is 14.2. The zero-order valence-corrected chi connectivity index (χ0v) is 14.2. The molecule has 7 heteroatoms. The largest absolute Gasteiger partial charge is 0.449 e. The summed E-state index contributed by atoms with van der Waals surface area (Å²) in [6, 6.07) is 11.1. The number of ether oxygens (including phenoxy) is 1. The number of imide groups is 1. The summed E-state index contributed by atoms with van der Waals surface area (Å²) in [4.78, 5) is 49.6. The van der Waals surface area contributed by atoms with Crippen molar-refractivity contribution in [2.45, 2.75) is 20.0 Å². The third-order valence-electron chi connectivity index (χ3n) is 4.16. The van der Waals surface area contributed by atoms with Gasteiger partial charge in [0.05, 0.1) is 22.4 Å². The molecule has 0 bridgehead atoms. The number of amides is 3. The maximum absolute atomic E-state index is 12.7. The molecule has 0 aromatic heterocycles. The number of para-hydroxylation sites is 1. The molecule has 7 nitrogen and oxygen atoms in total.